The number of nitrogens with zero attached hydrogens (tertiary/aromatic N) is 1. The number of carbonyl (C=O) groups is 1. The summed E-state index contributed by atoms with van der Waals surface area (Å²) in [7, 11) is 0. The van der Waals surface area contributed by atoms with Crippen molar-refractivity contribution >= 4 is 23.3 Å². The second-order valence-electron chi connectivity index (χ2n) is 2.91. The lowest BCUT2D eigenvalue weighted by molar-refractivity contribution is -0.106. The Kier molecular flexibility index (Phi) is 4.03. The van der Waals surface area contributed by atoms with E-state index in [1.165, 1.54) is 0 Å². The molecule has 0 saturated carbocycles. The summed E-state index contributed by atoms with van der Waals surface area (Å²) < 4.78 is 0. The summed E-state index contributed by atoms with van der Waals surface area (Å²) in [5.41, 5.74) is 4.97. The van der Waals surface area contributed by atoms with Crippen molar-refractivity contribution in [3.05, 3.63) is 42.7 Å². The van der Waals surface area contributed by atoms with Crippen molar-refractivity contribution in [1.29, 1.82) is 0 Å². The lowest BCUT2D eigenvalue weighted by Gasteiger charge is -2.02. The SMILES string of the molecule is C=Cc1nccc2c(O)cccc12.NC=O. The normalized spacial score (nSPS) is 9.00. The molecule has 1 amide bonds. The van der Waals surface area contributed by atoms with Crippen molar-refractivity contribution < 1.29 is 9.90 Å². The van der Waals surface area contributed by atoms with E-state index in [0.717, 1.165) is 16.5 Å². The summed E-state index contributed by atoms with van der Waals surface area (Å²) in [6.45, 7) is 3.67. The van der Waals surface area contributed by atoms with E-state index in [4.69, 9.17) is 4.79 Å². The number of rotatable bonds is 1. The molecule has 1 aromatic heterocycles. The summed E-state index contributed by atoms with van der Waals surface area (Å²) in [6, 6.07) is 7.16. The Morgan fingerprint density at radius 1 is 1.31 bits per heavy atom. The van der Waals surface area contributed by atoms with Crippen molar-refractivity contribution in [2.75, 3.05) is 0 Å². The van der Waals surface area contributed by atoms with Crippen LogP contribution in [0, 0.1) is 0 Å². The van der Waals surface area contributed by atoms with Gasteiger partial charge in [-0.05, 0) is 18.2 Å². The van der Waals surface area contributed by atoms with E-state index in [-0.39, 0.29) is 12.2 Å². The van der Waals surface area contributed by atoms with E-state index >= 15 is 0 Å². The third-order valence-corrected chi connectivity index (χ3v) is 2.01. The summed E-state index contributed by atoms with van der Waals surface area (Å²) in [5, 5.41) is 11.3. The van der Waals surface area contributed by atoms with Crippen LogP contribution in [0.5, 0.6) is 5.75 Å². The maximum atomic E-state index is 9.53. The molecule has 4 nitrogen and oxygen atoms in total. The van der Waals surface area contributed by atoms with Crippen molar-refractivity contribution in [3.63, 3.8) is 0 Å². The average molecular weight is 216 g/mol. The van der Waals surface area contributed by atoms with Gasteiger partial charge in [0, 0.05) is 17.0 Å². The molecule has 0 fully saturated rings. The summed E-state index contributed by atoms with van der Waals surface area (Å²) in [4.78, 5) is 12.7. The fourth-order valence-electron chi connectivity index (χ4n) is 1.38. The molecule has 0 unspecified atom stereocenters. The maximum absolute atomic E-state index is 9.53. The Labute approximate surface area is 93.0 Å². The smallest absolute Gasteiger partial charge is 0.204 e. The number of benzene rings is 1. The zero-order valence-corrected chi connectivity index (χ0v) is 8.63. The highest BCUT2D eigenvalue weighted by Crippen LogP contribution is 2.25. The molecule has 3 N–H and O–H groups in total. The van der Waals surface area contributed by atoms with E-state index in [1.807, 2.05) is 6.07 Å². The van der Waals surface area contributed by atoms with Crippen LogP contribution in [0.3, 0.4) is 0 Å². The first-order chi connectivity index (χ1) is 7.74. The molecule has 2 rings (SSSR count). The second-order valence-corrected chi connectivity index (χ2v) is 2.91. The van der Waals surface area contributed by atoms with Gasteiger partial charge in [0.05, 0.1) is 5.69 Å². The first kappa shape index (κ1) is 11.7. The first-order valence-electron chi connectivity index (χ1n) is 4.59. The number of pyridine rings is 1. The molecule has 2 aromatic rings. The van der Waals surface area contributed by atoms with E-state index in [2.05, 4.69) is 17.3 Å². The van der Waals surface area contributed by atoms with E-state index in [1.54, 1.807) is 30.5 Å². The fourth-order valence-corrected chi connectivity index (χ4v) is 1.38. The van der Waals surface area contributed by atoms with Crippen LogP contribution in [0.1, 0.15) is 5.69 Å². The highest BCUT2D eigenvalue weighted by atomic mass is 16.3. The first-order valence-corrected chi connectivity index (χ1v) is 4.59. The van der Waals surface area contributed by atoms with Gasteiger partial charge in [0.15, 0.2) is 0 Å². The second kappa shape index (κ2) is 5.50. The minimum atomic E-state index is 0.250. The molecule has 0 atom stereocenters. The molecule has 0 aliphatic rings. The topological polar surface area (TPSA) is 76.2 Å². The van der Waals surface area contributed by atoms with Gasteiger partial charge in [-0.2, -0.15) is 0 Å². The monoisotopic (exact) mass is 216 g/mol. The van der Waals surface area contributed by atoms with Gasteiger partial charge in [0.2, 0.25) is 6.41 Å². The van der Waals surface area contributed by atoms with Crippen molar-refractivity contribution in [2.24, 2.45) is 5.73 Å². The van der Waals surface area contributed by atoms with Gasteiger partial charge in [-0.1, -0.05) is 18.7 Å². The van der Waals surface area contributed by atoms with Crippen LogP contribution in [-0.2, 0) is 4.79 Å². The number of nitrogens with two attached hydrogens (primary N) is 1. The number of phenolic OH excluding ortho intramolecular Hbond substituents is 1. The predicted molar refractivity (Wildman–Crippen MR) is 63.8 cm³/mol. The molecule has 4 heteroatoms. The minimum absolute atomic E-state index is 0.250. The zero-order chi connectivity index (χ0) is 12.0. The number of fused-ring (bicyclic) bond motifs is 1. The summed E-state index contributed by atoms with van der Waals surface area (Å²) in [5.74, 6) is 0.281. The highest BCUT2D eigenvalue weighted by molar-refractivity contribution is 5.92. The van der Waals surface area contributed by atoms with E-state index in [9.17, 15) is 5.11 Å². The van der Waals surface area contributed by atoms with Crippen molar-refractivity contribution in [3.8, 4) is 5.75 Å². The molecule has 0 saturated heterocycles. The highest BCUT2D eigenvalue weighted by Gasteiger charge is 2.01. The Bertz CT molecular complexity index is 509. The van der Waals surface area contributed by atoms with Gasteiger partial charge in [-0.15, -0.1) is 0 Å². The number of aromatic hydroxyl groups is 1. The third kappa shape index (κ3) is 2.36. The number of carbonyl (C=O) groups excluding carboxylic acids is 1. The molecule has 0 bridgehead atoms. The van der Waals surface area contributed by atoms with Gasteiger partial charge in [0.1, 0.15) is 5.75 Å². The van der Waals surface area contributed by atoms with E-state index in [0.29, 0.717) is 0 Å². The van der Waals surface area contributed by atoms with Crippen LogP contribution in [-0.4, -0.2) is 16.5 Å². The van der Waals surface area contributed by atoms with Crippen LogP contribution >= 0.6 is 0 Å². The molecule has 1 aromatic carbocycles. The number of phenols is 1. The molecule has 1 heterocycles. The van der Waals surface area contributed by atoms with Crippen LogP contribution in [0.25, 0.3) is 16.8 Å². The molecule has 0 aliphatic heterocycles. The molecule has 0 radical (unpaired) electrons. The van der Waals surface area contributed by atoms with Crippen molar-refractivity contribution in [1.82, 2.24) is 4.98 Å². The van der Waals surface area contributed by atoms with Crippen molar-refractivity contribution in [2.45, 2.75) is 0 Å². The Morgan fingerprint density at radius 2 is 2.00 bits per heavy atom. The Morgan fingerprint density at radius 3 is 2.62 bits per heavy atom. The van der Waals surface area contributed by atoms with Gasteiger partial charge in [0.25, 0.3) is 0 Å². The molecule has 16 heavy (non-hydrogen) atoms. The number of hydrogen-bond donors (Lipinski definition) is 2. The number of amides is 1. The molecule has 0 aliphatic carbocycles. The Balaban J connectivity index is 0.000000386. The quantitative estimate of drug-likeness (QED) is 0.712. The lowest BCUT2D eigenvalue weighted by atomic mass is 10.1. The number of aromatic nitrogens is 1. The van der Waals surface area contributed by atoms with Gasteiger partial charge in [-0.3, -0.25) is 9.78 Å². The number of primary amides is 1. The number of hydrogen-bond acceptors (Lipinski definition) is 3. The van der Waals surface area contributed by atoms with Crippen LogP contribution in [0.15, 0.2) is 37.0 Å². The average Bonchev–Trinajstić information content (AvgIpc) is 2.30. The summed E-state index contributed by atoms with van der Waals surface area (Å²) >= 11 is 0. The summed E-state index contributed by atoms with van der Waals surface area (Å²) in [6.07, 6.45) is 3.60. The van der Waals surface area contributed by atoms with Gasteiger partial charge < -0.3 is 10.8 Å². The van der Waals surface area contributed by atoms with Gasteiger partial charge in [-0.25, -0.2) is 0 Å². The van der Waals surface area contributed by atoms with E-state index < -0.39 is 0 Å². The van der Waals surface area contributed by atoms with Gasteiger partial charge >= 0.3 is 0 Å². The molecular formula is C12H12N2O2. The molecular weight excluding hydrogens is 204 g/mol. The third-order valence-electron chi connectivity index (χ3n) is 2.01. The Hall–Kier alpha value is -2.36. The minimum Gasteiger partial charge on any atom is -0.507 e. The van der Waals surface area contributed by atoms with Crippen LogP contribution in [0.4, 0.5) is 0 Å². The predicted octanol–water partition coefficient (Wildman–Crippen LogP) is 1.68. The van der Waals surface area contributed by atoms with Crippen LogP contribution in [0.2, 0.25) is 0 Å². The standard InChI is InChI=1S/C11H9NO.CH3NO/c1-2-10-8-4-3-5-11(13)9(8)6-7-12-10;2-1-3/h2-7,13H,1H2;1H,(H2,2,3). The fraction of sp³-hybridized carbons (Fsp3) is 0. The van der Waals surface area contributed by atoms with Crippen LogP contribution < -0.4 is 5.73 Å². The lowest BCUT2D eigenvalue weighted by Crippen LogP contribution is -1.82. The zero-order valence-electron chi connectivity index (χ0n) is 8.63. The molecule has 82 valence electrons. The maximum Gasteiger partial charge on any atom is 0.204 e. The largest absolute Gasteiger partial charge is 0.507 e. The molecule has 0 spiro atoms.